The van der Waals surface area contributed by atoms with Crippen LogP contribution >= 0.6 is 0 Å². The Bertz CT molecular complexity index is 823. The second-order valence-electron chi connectivity index (χ2n) is 8.32. The van der Waals surface area contributed by atoms with Crippen molar-refractivity contribution in [1.29, 1.82) is 0 Å². The second kappa shape index (κ2) is 5.04. The van der Waals surface area contributed by atoms with Crippen molar-refractivity contribution in [2.45, 2.75) is 46.6 Å². The summed E-state index contributed by atoms with van der Waals surface area (Å²) in [4.78, 5) is 19.7. The summed E-state index contributed by atoms with van der Waals surface area (Å²) in [6, 6.07) is 1.81. The first-order chi connectivity index (χ1) is 11.3. The van der Waals surface area contributed by atoms with E-state index < -0.39 is 0 Å². The molecule has 0 radical (unpaired) electrons. The summed E-state index contributed by atoms with van der Waals surface area (Å²) in [5.74, 6) is 1.19. The van der Waals surface area contributed by atoms with Crippen molar-refractivity contribution in [3.05, 3.63) is 29.5 Å². The molecule has 4 atom stereocenters. The Morgan fingerprint density at radius 2 is 2.21 bits per heavy atom. The predicted molar refractivity (Wildman–Crippen MR) is 91.2 cm³/mol. The highest BCUT2D eigenvalue weighted by Gasteiger charge is 2.54. The van der Waals surface area contributed by atoms with Crippen molar-refractivity contribution in [3.63, 3.8) is 0 Å². The van der Waals surface area contributed by atoms with Gasteiger partial charge in [0.05, 0.1) is 17.4 Å². The lowest BCUT2D eigenvalue weighted by atomic mass is 9.70. The molecular weight excluding hydrogens is 305 g/mol. The lowest BCUT2D eigenvalue weighted by Gasteiger charge is -2.39. The van der Waals surface area contributed by atoms with Crippen LogP contribution in [0.3, 0.4) is 0 Å². The van der Waals surface area contributed by atoms with E-state index >= 15 is 0 Å². The minimum Gasteiger partial charge on any atom is -0.349 e. The number of fused-ring (bicyclic) bond motifs is 3. The maximum atomic E-state index is 14.1. The van der Waals surface area contributed by atoms with E-state index in [1.165, 1.54) is 6.42 Å². The van der Waals surface area contributed by atoms with E-state index in [1.54, 1.807) is 19.2 Å². The van der Waals surface area contributed by atoms with E-state index in [9.17, 15) is 9.18 Å². The van der Waals surface area contributed by atoms with Gasteiger partial charge < -0.3 is 10.3 Å². The highest BCUT2D eigenvalue weighted by molar-refractivity contribution is 5.98. The molecule has 4 nitrogen and oxygen atoms in total. The molecule has 2 fully saturated rings. The van der Waals surface area contributed by atoms with Crippen LogP contribution in [-0.4, -0.2) is 21.9 Å². The van der Waals surface area contributed by atoms with Gasteiger partial charge in [-0.15, -0.1) is 0 Å². The monoisotopic (exact) mass is 329 g/mol. The molecule has 2 aromatic heterocycles. The van der Waals surface area contributed by atoms with Gasteiger partial charge in [-0.25, -0.2) is 4.39 Å². The summed E-state index contributed by atoms with van der Waals surface area (Å²) in [5, 5.41) is 3.62. The number of hydrogen-bond donors (Lipinski definition) is 2. The zero-order valence-electron chi connectivity index (χ0n) is 14.6. The van der Waals surface area contributed by atoms with Gasteiger partial charge in [0.2, 0.25) is 0 Å². The Morgan fingerprint density at radius 1 is 1.46 bits per heavy atom. The average molecular weight is 329 g/mol. The number of aryl methyl sites for hydroxylation is 1. The van der Waals surface area contributed by atoms with Gasteiger partial charge in [-0.1, -0.05) is 20.8 Å². The van der Waals surface area contributed by atoms with Crippen LogP contribution in [0.1, 0.15) is 49.8 Å². The molecule has 1 unspecified atom stereocenters. The summed E-state index contributed by atoms with van der Waals surface area (Å²) in [7, 11) is 0. The molecule has 24 heavy (non-hydrogen) atoms. The van der Waals surface area contributed by atoms with Crippen molar-refractivity contribution in [2.75, 3.05) is 0 Å². The first kappa shape index (κ1) is 15.6. The maximum absolute atomic E-state index is 14.1. The normalized spacial score (nSPS) is 30.9. The lowest BCUT2D eigenvalue weighted by Crippen LogP contribution is -2.46. The Hall–Kier alpha value is -1.91. The molecule has 2 heterocycles. The van der Waals surface area contributed by atoms with E-state index in [-0.39, 0.29) is 17.8 Å². The van der Waals surface area contributed by atoms with Crippen LogP contribution in [0, 0.1) is 35.9 Å². The van der Waals surface area contributed by atoms with Gasteiger partial charge >= 0.3 is 0 Å². The highest BCUT2D eigenvalue weighted by Crippen LogP contribution is 2.58. The third-order valence-corrected chi connectivity index (χ3v) is 6.39. The quantitative estimate of drug-likeness (QED) is 0.880. The predicted octanol–water partition coefficient (Wildman–Crippen LogP) is 3.81. The fraction of sp³-hybridized carbons (Fsp3) is 0.579. The van der Waals surface area contributed by atoms with Crippen LogP contribution in [-0.2, 0) is 0 Å². The summed E-state index contributed by atoms with van der Waals surface area (Å²) in [5.41, 5.74) is 1.69. The van der Waals surface area contributed by atoms with Gasteiger partial charge in [0.1, 0.15) is 5.69 Å². The molecule has 0 spiro atoms. The maximum Gasteiger partial charge on any atom is 0.267 e. The molecule has 0 saturated heterocycles. The fourth-order valence-corrected chi connectivity index (χ4v) is 5.20. The Kier molecular flexibility index (Phi) is 3.28. The molecule has 2 saturated carbocycles. The summed E-state index contributed by atoms with van der Waals surface area (Å²) in [6.45, 7) is 8.54. The van der Waals surface area contributed by atoms with Crippen molar-refractivity contribution in [2.24, 2.45) is 23.2 Å². The van der Waals surface area contributed by atoms with Crippen molar-refractivity contribution >= 4 is 16.8 Å². The van der Waals surface area contributed by atoms with Crippen molar-refractivity contribution in [3.8, 4) is 0 Å². The topological polar surface area (TPSA) is 57.8 Å². The summed E-state index contributed by atoms with van der Waals surface area (Å²) in [6.07, 6.45) is 3.94. The molecule has 2 aromatic rings. The number of carbonyl (C=O) groups excluding carboxylic acids is 1. The molecule has 1 amide bonds. The number of aromatic amines is 1. The van der Waals surface area contributed by atoms with Crippen LogP contribution in [0.4, 0.5) is 4.39 Å². The van der Waals surface area contributed by atoms with E-state index in [0.29, 0.717) is 45.5 Å². The van der Waals surface area contributed by atoms with Crippen LogP contribution in [0.2, 0.25) is 0 Å². The average Bonchev–Trinajstić information content (AvgIpc) is 3.16. The van der Waals surface area contributed by atoms with Crippen LogP contribution in [0.15, 0.2) is 12.3 Å². The Labute approximate surface area is 141 Å². The number of hydrogen-bond acceptors (Lipinski definition) is 2. The minimum atomic E-state index is -0.363. The third-order valence-electron chi connectivity index (χ3n) is 6.39. The standard InChI is InChI=1S/C19H24FN3O/c1-9-13-5-11(7-19(13,3)4)17(9)23-18(24)14-6-12-15(22-14)8-21-10(2)16(12)20/h6,8-9,11,13,17,22H,5,7H2,1-4H3,(H,23,24)/t9-,11?,13-,17+/m0/s1. The molecule has 2 bridgehead atoms. The third kappa shape index (κ3) is 2.17. The SMILES string of the molecule is Cc1ncc2[nH]c(C(=O)N[C@H]3C4C[C@@H]([C@@H]3C)C(C)(C)C4)cc2c1F. The molecule has 2 N–H and O–H groups in total. The number of carbonyl (C=O) groups is 1. The largest absolute Gasteiger partial charge is 0.349 e. The molecule has 128 valence electrons. The van der Waals surface area contributed by atoms with Gasteiger partial charge in [-0.3, -0.25) is 9.78 Å². The van der Waals surface area contributed by atoms with E-state index in [1.807, 2.05) is 0 Å². The van der Waals surface area contributed by atoms with Crippen molar-refractivity contribution in [1.82, 2.24) is 15.3 Å². The first-order valence-electron chi connectivity index (χ1n) is 8.72. The summed E-state index contributed by atoms with van der Waals surface area (Å²) >= 11 is 0. The van der Waals surface area contributed by atoms with Crippen LogP contribution in [0.25, 0.3) is 10.9 Å². The van der Waals surface area contributed by atoms with Crippen LogP contribution < -0.4 is 5.32 Å². The zero-order chi connectivity index (χ0) is 17.2. The number of pyridine rings is 1. The molecule has 4 rings (SSSR count). The molecule has 0 aromatic carbocycles. The second-order valence-corrected chi connectivity index (χ2v) is 8.32. The number of halogens is 1. The van der Waals surface area contributed by atoms with Gasteiger partial charge in [-0.2, -0.15) is 0 Å². The molecular formula is C19H24FN3O. The highest BCUT2D eigenvalue weighted by atomic mass is 19.1. The number of H-pyrrole nitrogens is 1. The first-order valence-corrected chi connectivity index (χ1v) is 8.72. The summed E-state index contributed by atoms with van der Waals surface area (Å²) < 4.78 is 14.1. The number of amides is 1. The van der Waals surface area contributed by atoms with E-state index in [2.05, 4.69) is 36.1 Å². The smallest absolute Gasteiger partial charge is 0.267 e. The number of nitrogens with zero attached hydrogens (tertiary/aromatic N) is 1. The minimum absolute atomic E-state index is 0.148. The fourth-order valence-electron chi connectivity index (χ4n) is 5.20. The molecule has 0 aliphatic heterocycles. The zero-order valence-corrected chi connectivity index (χ0v) is 14.6. The lowest BCUT2D eigenvalue weighted by molar-refractivity contribution is 0.0832. The number of rotatable bonds is 2. The number of nitrogens with one attached hydrogen (secondary N) is 2. The van der Waals surface area contributed by atoms with Gasteiger partial charge in [0.25, 0.3) is 5.91 Å². The molecule has 5 heteroatoms. The van der Waals surface area contributed by atoms with Gasteiger partial charge in [-0.05, 0) is 49.0 Å². The van der Waals surface area contributed by atoms with E-state index in [0.717, 1.165) is 6.42 Å². The number of aromatic nitrogens is 2. The van der Waals surface area contributed by atoms with E-state index in [4.69, 9.17) is 0 Å². The molecule has 2 aliphatic rings. The molecule has 2 aliphatic carbocycles. The van der Waals surface area contributed by atoms with Crippen LogP contribution in [0.5, 0.6) is 0 Å². The Morgan fingerprint density at radius 3 is 2.88 bits per heavy atom. The van der Waals surface area contributed by atoms with Crippen molar-refractivity contribution < 1.29 is 9.18 Å². The Balaban J connectivity index is 1.57. The van der Waals surface area contributed by atoms with Gasteiger partial charge in [0, 0.05) is 11.4 Å². The van der Waals surface area contributed by atoms with Gasteiger partial charge in [0.15, 0.2) is 5.82 Å².